The lowest BCUT2D eigenvalue weighted by atomic mass is 11.2. The third-order valence-corrected chi connectivity index (χ3v) is 0.247. The summed E-state index contributed by atoms with van der Waals surface area (Å²) in [6, 6.07) is 0. The zero-order chi connectivity index (χ0) is 4.28. The van der Waals surface area contributed by atoms with Crippen LogP contribution >= 0.6 is 12.8 Å². The number of hydrogen-bond acceptors (Lipinski definition) is 2. The zero-order valence-corrected chi connectivity index (χ0v) is 3.77. The highest BCUT2D eigenvalue weighted by Crippen LogP contribution is 1.72. The fraction of sp³-hybridized carbons (Fsp3) is 0.500. The molecular formula is C2H5NOS. The molecule has 3 heteroatoms. The van der Waals surface area contributed by atoms with E-state index in [1.165, 1.54) is 0 Å². The van der Waals surface area contributed by atoms with Gasteiger partial charge in [-0.3, -0.25) is 9.10 Å². The van der Waals surface area contributed by atoms with Crippen LogP contribution in [-0.4, -0.2) is 17.8 Å². The van der Waals surface area contributed by atoms with Crippen LogP contribution in [0.3, 0.4) is 0 Å². The third-order valence-electron chi connectivity index (χ3n) is 0.153. The predicted octanol–water partition coefficient (Wildman–Crippen LogP) is -0.0806. The Morgan fingerprint density at radius 3 is 2.20 bits per heavy atom. The van der Waals surface area contributed by atoms with Crippen molar-refractivity contribution in [1.82, 2.24) is 4.31 Å². The van der Waals surface area contributed by atoms with Crippen molar-refractivity contribution < 1.29 is 4.79 Å². The summed E-state index contributed by atoms with van der Waals surface area (Å²) in [5, 5.41) is 0. The maximum Gasteiger partial charge on any atom is 0.219 e. The fourth-order valence-corrected chi connectivity index (χ4v) is 0. The van der Waals surface area contributed by atoms with Crippen LogP contribution in [0.5, 0.6) is 0 Å². The summed E-state index contributed by atoms with van der Waals surface area (Å²) in [5.41, 5.74) is 0. The minimum atomic E-state index is 0.614. The Morgan fingerprint density at radius 2 is 2.20 bits per heavy atom. The van der Waals surface area contributed by atoms with Crippen molar-refractivity contribution in [3.05, 3.63) is 0 Å². The van der Waals surface area contributed by atoms with Crippen LogP contribution in [0.1, 0.15) is 0 Å². The van der Waals surface area contributed by atoms with Crippen molar-refractivity contribution in [2.24, 2.45) is 0 Å². The van der Waals surface area contributed by atoms with E-state index in [9.17, 15) is 4.79 Å². The van der Waals surface area contributed by atoms with Gasteiger partial charge in [0.25, 0.3) is 0 Å². The van der Waals surface area contributed by atoms with Gasteiger partial charge in [-0.15, -0.1) is 0 Å². The van der Waals surface area contributed by atoms with Gasteiger partial charge in [0.2, 0.25) is 6.41 Å². The Labute approximate surface area is 36.3 Å². The van der Waals surface area contributed by atoms with Gasteiger partial charge >= 0.3 is 0 Å². The summed E-state index contributed by atoms with van der Waals surface area (Å²) < 4.78 is 1.14. The van der Waals surface area contributed by atoms with Gasteiger partial charge in [-0.05, 0) is 0 Å². The van der Waals surface area contributed by atoms with Gasteiger partial charge in [0.15, 0.2) is 0 Å². The lowest BCUT2D eigenvalue weighted by Gasteiger charge is -1.91. The van der Waals surface area contributed by atoms with E-state index in [1.807, 2.05) is 0 Å². The molecule has 30 valence electrons. The van der Waals surface area contributed by atoms with Crippen molar-refractivity contribution in [2.75, 3.05) is 7.05 Å². The molecule has 0 aliphatic rings. The van der Waals surface area contributed by atoms with Crippen molar-refractivity contribution in [1.29, 1.82) is 0 Å². The molecule has 5 heavy (non-hydrogen) atoms. The van der Waals surface area contributed by atoms with E-state index in [1.54, 1.807) is 7.05 Å². The molecule has 2 nitrogen and oxygen atoms in total. The maximum absolute atomic E-state index is 9.35. The molecule has 1 amide bonds. The molecule has 0 spiro atoms. The number of thiol groups is 1. The number of hydrogen-bond donors (Lipinski definition) is 1. The van der Waals surface area contributed by atoms with Gasteiger partial charge in [0.05, 0.1) is 0 Å². The first-order chi connectivity index (χ1) is 2.27. The molecule has 0 fully saturated rings. The van der Waals surface area contributed by atoms with E-state index in [4.69, 9.17) is 0 Å². The second kappa shape index (κ2) is 2.08. The van der Waals surface area contributed by atoms with Crippen LogP contribution in [0.25, 0.3) is 0 Å². The second-order valence-electron chi connectivity index (χ2n) is 0.679. The first-order valence-electron chi connectivity index (χ1n) is 1.14. The van der Waals surface area contributed by atoms with Crippen LogP contribution in [0, 0.1) is 0 Å². The predicted molar refractivity (Wildman–Crippen MR) is 22.8 cm³/mol. The number of nitrogens with zero attached hydrogens (tertiary/aromatic N) is 1. The number of rotatable bonds is 1. The molecule has 0 heterocycles. The van der Waals surface area contributed by atoms with Gasteiger partial charge in [0, 0.05) is 7.05 Å². The van der Waals surface area contributed by atoms with Crippen molar-refractivity contribution in [3.8, 4) is 0 Å². The molecule has 0 atom stereocenters. The van der Waals surface area contributed by atoms with Gasteiger partial charge in [0.1, 0.15) is 0 Å². The summed E-state index contributed by atoms with van der Waals surface area (Å²) in [5.74, 6) is 0. The Kier molecular flexibility index (Phi) is 2.01. The molecule has 0 saturated heterocycles. The molecule has 0 radical (unpaired) electrons. The van der Waals surface area contributed by atoms with Crippen LogP contribution < -0.4 is 0 Å². The van der Waals surface area contributed by atoms with Gasteiger partial charge in [-0.1, -0.05) is 12.8 Å². The Balaban J connectivity index is 2.83. The van der Waals surface area contributed by atoms with E-state index in [0.717, 1.165) is 4.31 Å². The van der Waals surface area contributed by atoms with Gasteiger partial charge in [-0.2, -0.15) is 0 Å². The molecule has 0 aliphatic heterocycles. The molecule has 0 saturated carbocycles. The summed E-state index contributed by atoms with van der Waals surface area (Å²) in [7, 11) is 1.55. The van der Waals surface area contributed by atoms with Crippen LogP contribution in [0.2, 0.25) is 0 Å². The molecule has 0 bridgehead atoms. The first kappa shape index (κ1) is 4.82. The number of carbonyl (C=O) groups is 1. The summed E-state index contributed by atoms with van der Waals surface area (Å²) in [6.45, 7) is 0. The van der Waals surface area contributed by atoms with Crippen LogP contribution in [-0.2, 0) is 4.79 Å². The lowest BCUT2D eigenvalue weighted by Crippen LogP contribution is -1.97. The molecule has 0 aromatic rings. The highest BCUT2D eigenvalue weighted by molar-refractivity contribution is 7.78. The topological polar surface area (TPSA) is 20.3 Å². The zero-order valence-electron chi connectivity index (χ0n) is 2.88. The molecule has 0 aromatic carbocycles. The van der Waals surface area contributed by atoms with Crippen molar-refractivity contribution >= 4 is 19.2 Å². The molecule has 0 aliphatic carbocycles. The largest absolute Gasteiger partial charge is 0.295 e. The molecule has 0 N–H and O–H groups in total. The Hall–Kier alpha value is -0.180. The lowest BCUT2D eigenvalue weighted by molar-refractivity contribution is -0.112. The van der Waals surface area contributed by atoms with Gasteiger partial charge < -0.3 is 0 Å². The smallest absolute Gasteiger partial charge is 0.219 e. The molecule has 0 aromatic heterocycles. The molecule has 0 unspecified atom stereocenters. The SMILES string of the molecule is CN(S)C=O. The molecule has 0 rings (SSSR count). The van der Waals surface area contributed by atoms with E-state index < -0.39 is 0 Å². The minimum absolute atomic E-state index is 0.614. The van der Waals surface area contributed by atoms with E-state index in [2.05, 4.69) is 12.8 Å². The van der Waals surface area contributed by atoms with E-state index in [-0.39, 0.29) is 0 Å². The first-order valence-corrected chi connectivity index (χ1v) is 1.54. The highest BCUT2D eigenvalue weighted by atomic mass is 32.1. The third kappa shape index (κ3) is 3.82. The Morgan fingerprint density at radius 1 is 2.00 bits per heavy atom. The number of carbonyl (C=O) groups excluding carboxylic acids is 1. The minimum Gasteiger partial charge on any atom is -0.295 e. The summed E-state index contributed by atoms with van der Waals surface area (Å²) in [6.07, 6.45) is 0.614. The fourth-order valence-electron chi connectivity index (χ4n) is 0. The number of amides is 1. The van der Waals surface area contributed by atoms with Crippen molar-refractivity contribution in [2.45, 2.75) is 0 Å². The van der Waals surface area contributed by atoms with Gasteiger partial charge in [-0.25, -0.2) is 0 Å². The maximum atomic E-state index is 9.35. The normalized spacial score (nSPS) is 6.80. The van der Waals surface area contributed by atoms with Crippen LogP contribution in [0.4, 0.5) is 0 Å². The average Bonchev–Trinajstić information content (AvgIpc) is 1.38. The summed E-state index contributed by atoms with van der Waals surface area (Å²) in [4.78, 5) is 9.35. The monoisotopic (exact) mass is 91.0 g/mol. The Bertz CT molecular complexity index is 36.6. The van der Waals surface area contributed by atoms with E-state index >= 15 is 0 Å². The second-order valence-corrected chi connectivity index (χ2v) is 1.31. The standard InChI is InChI=1S/C2H5NOS/c1-3(5)2-4/h2,5H,1H3. The quantitative estimate of drug-likeness (QED) is 0.353. The highest BCUT2D eigenvalue weighted by Gasteiger charge is 1.69. The van der Waals surface area contributed by atoms with Crippen LogP contribution in [0.15, 0.2) is 0 Å². The molecular weight excluding hydrogens is 86.1 g/mol. The van der Waals surface area contributed by atoms with Crippen molar-refractivity contribution in [3.63, 3.8) is 0 Å². The van der Waals surface area contributed by atoms with E-state index in [0.29, 0.717) is 6.41 Å². The average molecular weight is 91.1 g/mol. The summed E-state index contributed by atoms with van der Waals surface area (Å²) >= 11 is 3.56.